The summed E-state index contributed by atoms with van der Waals surface area (Å²) < 4.78 is 5.73. The second-order valence-corrected chi connectivity index (χ2v) is 4.28. The van der Waals surface area contributed by atoms with E-state index in [1.54, 1.807) is 0 Å². The maximum absolute atomic E-state index is 5.73. The molecule has 1 aliphatic carbocycles. The highest BCUT2D eigenvalue weighted by Crippen LogP contribution is 2.33. The molecule has 0 aromatic carbocycles. The molecule has 0 radical (unpaired) electrons. The van der Waals surface area contributed by atoms with Crippen LogP contribution in [0.2, 0.25) is 0 Å². The number of hydrogen-bond donors (Lipinski definition) is 1. The molecular formula is C10H19NO. The van der Waals surface area contributed by atoms with Crippen LogP contribution in [0.15, 0.2) is 0 Å². The summed E-state index contributed by atoms with van der Waals surface area (Å²) in [4.78, 5) is 0. The van der Waals surface area contributed by atoms with E-state index in [0.717, 1.165) is 31.5 Å². The summed E-state index contributed by atoms with van der Waals surface area (Å²) in [5.74, 6) is 1.76. The van der Waals surface area contributed by atoms with Crippen LogP contribution in [-0.4, -0.2) is 25.8 Å². The Balaban J connectivity index is 1.58. The predicted molar refractivity (Wildman–Crippen MR) is 49.1 cm³/mol. The van der Waals surface area contributed by atoms with Gasteiger partial charge >= 0.3 is 0 Å². The van der Waals surface area contributed by atoms with Gasteiger partial charge in [0.05, 0.1) is 6.10 Å². The Morgan fingerprint density at radius 1 is 1.42 bits per heavy atom. The van der Waals surface area contributed by atoms with Crippen LogP contribution in [-0.2, 0) is 4.74 Å². The fraction of sp³-hybridized carbons (Fsp3) is 1.00. The maximum Gasteiger partial charge on any atom is 0.0823 e. The van der Waals surface area contributed by atoms with Crippen LogP contribution < -0.4 is 5.32 Å². The third-order valence-electron chi connectivity index (χ3n) is 3.29. The lowest BCUT2D eigenvalue weighted by Crippen LogP contribution is -2.49. The lowest BCUT2D eigenvalue weighted by Gasteiger charge is -2.34. The molecule has 1 atom stereocenters. The molecule has 0 amide bonds. The highest BCUT2D eigenvalue weighted by Gasteiger charge is 2.25. The number of rotatable bonds is 4. The standard InChI is InChI=1S/C10H19NO/c1-8(9-3-2-4-9)7-12-10-5-11-6-10/h8-11H,2-7H2,1H3. The quantitative estimate of drug-likeness (QED) is 0.687. The molecule has 70 valence electrons. The average Bonchev–Trinajstić information content (AvgIpc) is 1.79. The molecule has 2 rings (SSSR count). The minimum absolute atomic E-state index is 0.521. The first-order valence-electron chi connectivity index (χ1n) is 5.18. The summed E-state index contributed by atoms with van der Waals surface area (Å²) in [5, 5.41) is 3.22. The molecule has 2 heteroatoms. The molecule has 1 saturated carbocycles. The SMILES string of the molecule is CC(COC1CNC1)C1CCC1. The zero-order valence-corrected chi connectivity index (χ0v) is 7.88. The van der Waals surface area contributed by atoms with E-state index < -0.39 is 0 Å². The minimum atomic E-state index is 0.521. The first-order chi connectivity index (χ1) is 5.86. The number of ether oxygens (including phenoxy) is 1. The molecule has 0 spiro atoms. The van der Waals surface area contributed by atoms with Gasteiger partial charge < -0.3 is 10.1 Å². The zero-order valence-electron chi connectivity index (χ0n) is 7.88. The predicted octanol–water partition coefficient (Wildman–Crippen LogP) is 1.41. The third kappa shape index (κ3) is 1.80. The Labute approximate surface area is 74.7 Å². The molecule has 1 heterocycles. The van der Waals surface area contributed by atoms with Gasteiger partial charge in [0.2, 0.25) is 0 Å². The van der Waals surface area contributed by atoms with Crippen molar-refractivity contribution < 1.29 is 4.74 Å². The van der Waals surface area contributed by atoms with E-state index in [1.165, 1.54) is 19.3 Å². The zero-order chi connectivity index (χ0) is 8.39. The summed E-state index contributed by atoms with van der Waals surface area (Å²) in [6.07, 6.45) is 4.84. The fourth-order valence-electron chi connectivity index (χ4n) is 1.81. The van der Waals surface area contributed by atoms with Crippen molar-refractivity contribution in [3.63, 3.8) is 0 Å². The van der Waals surface area contributed by atoms with Gasteiger partial charge in [-0.1, -0.05) is 26.2 Å². The lowest BCUT2D eigenvalue weighted by molar-refractivity contribution is -0.0158. The van der Waals surface area contributed by atoms with Gasteiger partial charge in [-0.05, 0) is 11.8 Å². The van der Waals surface area contributed by atoms with Crippen LogP contribution in [0, 0.1) is 11.8 Å². The van der Waals surface area contributed by atoms with Gasteiger partial charge in [0.1, 0.15) is 0 Å². The van der Waals surface area contributed by atoms with E-state index in [4.69, 9.17) is 4.74 Å². The van der Waals surface area contributed by atoms with Crippen LogP contribution in [0.4, 0.5) is 0 Å². The van der Waals surface area contributed by atoms with Crippen molar-refractivity contribution in [1.29, 1.82) is 0 Å². The van der Waals surface area contributed by atoms with Gasteiger partial charge in [0, 0.05) is 19.7 Å². The van der Waals surface area contributed by atoms with E-state index >= 15 is 0 Å². The van der Waals surface area contributed by atoms with Gasteiger partial charge in [-0.3, -0.25) is 0 Å². The largest absolute Gasteiger partial charge is 0.375 e. The molecule has 2 nitrogen and oxygen atoms in total. The number of nitrogens with one attached hydrogen (secondary N) is 1. The molecule has 0 aromatic rings. The van der Waals surface area contributed by atoms with Crippen molar-refractivity contribution in [3.8, 4) is 0 Å². The molecular weight excluding hydrogens is 150 g/mol. The summed E-state index contributed by atoms with van der Waals surface area (Å²) in [6, 6.07) is 0. The van der Waals surface area contributed by atoms with Crippen molar-refractivity contribution >= 4 is 0 Å². The second-order valence-electron chi connectivity index (χ2n) is 4.28. The van der Waals surface area contributed by atoms with Crippen LogP contribution in [0.25, 0.3) is 0 Å². The summed E-state index contributed by atoms with van der Waals surface area (Å²) in [7, 11) is 0. The summed E-state index contributed by atoms with van der Waals surface area (Å²) in [5.41, 5.74) is 0. The van der Waals surface area contributed by atoms with Gasteiger partial charge in [-0.2, -0.15) is 0 Å². The number of hydrogen-bond acceptors (Lipinski definition) is 2. The molecule has 1 saturated heterocycles. The van der Waals surface area contributed by atoms with Crippen LogP contribution in [0.5, 0.6) is 0 Å². The smallest absolute Gasteiger partial charge is 0.0823 e. The normalized spacial score (nSPS) is 27.8. The Hall–Kier alpha value is -0.0800. The monoisotopic (exact) mass is 169 g/mol. The van der Waals surface area contributed by atoms with E-state index in [2.05, 4.69) is 12.2 Å². The van der Waals surface area contributed by atoms with E-state index in [0.29, 0.717) is 6.10 Å². The van der Waals surface area contributed by atoms with Gasteiger partial charge in [-0.15, -0.1) is 0 Å². The van der Waals surface area contributed by atoms with Gasteiger partial charge in [0.15, 0.2) is 0 Å². The van der Waals surface area contributed by atoms with Crippen LogP contribution >= 0.6 is 0 Å². The topological polar surface area (TPSA) is 21.3 Å². The molecule has 12 heavy (non-hydrogen) atoms. The molecule has 0 aromatic heterocycles. The van der Waals surface area contributed by atoms with Crippen LogP contribution in [0.3, 0.4) is 0 Å². The molecule has 1 aliphatic heterocycles. The second kappa shape index (κ2) is 3.75. The van der Waals surface area contributed by atoms with Crippen molar-refractivity contribution in [3.05, 3.63) is 0 Å². The van der Waals surface area contributed by atoms with E-state index in [-0.39, 0.29) is 0 Å². The highest BCUT2D eigenvalue weighted by atomic mass is 16.5. The fourth-order valence-corrected chi connectivity index (χ4v) is 1.81. The van der Waals surface area contributed by atoms with Crippen molar-refractivity contribution in [2.75, 3.05) is 19.7 Å². The maximum atomic E-state index is 5.73. The molecule has 0 bridgehead atoms. The molecule has 2 aliphatic rings. The Morgan fingerprint density at radius 3 is 2.58 bits per heavy atom. The van der Waals surface area contributed by atoms with Gasteiger partial charge in [-0.25, -0.2) is 0 Å². The molecule has 1 N–H and O–H groups in total. The van der Waals surface area contributed by atoms with Crippen molar-refractivity contribution in [1.82, 2.24) is 5.32 Å². The lowest BCUT2D eigenvalue weighted by atomic mass is 9.77. The Bertz CT molecular complexity index is 141. The first kappa shape index (κ1) is 8.52. The highest BCUT2D eigenvalue weighted by molar-refractivity contribution is 4.78. The van der Waals surface area contributed by atoms with E-state index in [9.17, 15) is 0 Å². The summed E-state index contributed by atoms with van der Waals surface area (Å²) in [6.45, 7) is 5.45. The van der Waals surface area contributed by atoms with Gasteiger partial charge in [0.25, 0.3) is 0 Å². The summed E-state index contributed by atoms with van der Waals surface area (Å²) >= 11 is 0. The average molecular weight is 169 g/mol. The van der Waals surface area contributed by atoms with Crippen molar-refractivity contribution in [2.45, 2.75) is 32.3 Å². The third-order valence-corrected chi connectivity index (χ3v) is 3.29. The van der Waals surface area contributed by atoms with E-state index in [1.807, 2.05) is 0 Å². The molecule has 1 unspecified atom stereocenters. The van der Waals surface area contributed by atoms with Crippen LogP contribution in [0.1, 0.15) is 26.2 Å². The minimum Gasteiger partial charge on any atom is -0.375 e. The van der Waals surface area contributed by atoms with Crippen molar-refractivity contribution in [2.24, 2.45) is 11.8 Å². The Morgan fingerprint density at radius 2 is 2.17 bits per heavy atom. The first-order valence-corrected chi connectivity index (χ1v) is 5.18. The molecule has 2 fully saturated rings. The Kier molecular flexibility index (Phi) is 2.66.